The summed E-state index contributed by atoms with van der Waals surface area (Å²) in [7, 11) is 1.45. The van der Waals surface area contributed by atoms with Crippen LogP contribution < -0.4 is 4.89 Å². The number of phosphoric ester groups is 1. The lowest BCUT2D eigenvalue weighted by Gasteiger charge is -2.27. The summed E-state index contributed by atoms with van der Waals surface area (Å²) >= 11 is 0. The summed E-state index contributed by atoms with van der Waals surface area (Å²) in [5, 5.41) is 9.81. The van der Waals surface area contributed by atoms with E-state index in [2.05, 4.69) is 6.92 Å². The normalized spacial score (nSPS) is 15.1. The fraction of sp³-hybridized carbons (Fsp3) is 1.00. The van der Waals surface area contributed by atoms with Crippen molar-refractivity contribution in [2.24, 2.45) is 0 Å². The average molecular weight is 483 g/mol. The van der Waals surface area contributed by atoms with Crippen LogP contribution in [0.4, 0.5) is 0 Å². The van der Waals surface area contributed by atoms with Gasteiger partial charge in [0, 0.05) is 6.61 Å². The van der Waals surface area contributed by atoms with E-state index in [0.29, 0.717) is 17.6 Å². The Bertz CT molecular complexity index is 458. The number of rotatable bonds is 24. The zero-order chi connectivity index (χ0) is 24.1. The summed E-state index contributed by atoms with van der Waals surface area (Å²) in [5.41, 5.74) is 0. The Morgan fingerprint density at radius 3 is 1.69 bits per heavy atom. The highest BCUT2D eigenvalue weighted by Gasteiger charge is 2.15. The standard InChI is InChI=1S/C24H52NO6P/c1-5-6-7-8-9-10-11-12-13-14-15-16-17-18-20-29-22-24(26)23-31-32(27,28)30-21-19-25(2,3)4/h24,26H,5-23H2,1-4H3/t24-/m1/s1/i32+1. The molecule has 0 amide bonds. The van der Waals surface area contributed by atoms with E-state index in [-0.39, 0.29) is 19.8 Å². The van der Waals surface area contributed by atoms with E-state index in [9.17, 15) is 14.6 Å². The molecular weight excluding hydrogens is 430 g/mol. The van der Waals surface area contributed by atoms with E-state index in [1.54, 1.807) is 0 Å². The average Bonchev–Trinajstić information content (AvgIpc) is 2.71. The molecule has 0 aliphatic heterocycles. The van der Waals surface area contributed by atoms with Crippen molar-refractivity contribution in [3.05, 3.63) is 0 Å². The quantitative estimate of drug-likeness (QED) is 0.118. The Hall–Kier alpha value is -0.0100. The molecule has 0 saturated carbocycles. The number of hydrogen-bond donors (Lipinski definition) is 1. The first-order chi connectivity index (χ1) is 15.2. The number of aliphatic hydroxyl groups excluding tert-OH is 1. The molecule has 0 rings (SSSR count). The third-order valence-corrected chi connectivity index (χ3v) is 6.35. The molecular formula is C24H52NO6P. The van der Waals surface area contributed by atoms with Crippen molar-refractivity contribution in [3.8, 4) is 0 Å². The molecule has 0 bridgehead atoms. The fourth-order valence-corrected chi connectivity index (χ4v) is 4.04. The Morgan fingerprint density at radius 1 is 0.750 bits per heavy atom. The van der Waals surface area contributed by atoms with Crippen LogP contribution in [0.1, 0.15) is 96.8 Å². The molecule has 194 valence electrons. The molecule has 0 aliphatic carbocycles. The molecule has 1 N–H and O–H groups in total. The van der Waals surface area contributed by atoms with Crippen LogP contribution in [0.25, 0.3) is 0 Å². The van der Waals surface area contributed by atoms with Crippen molar-refractivity contribution in [1.82, 2.24) is 0 Å². The summed E-state index contributed by atoms with van der Waals surface area (Å²) in [6.45, 7) is 3.15. The van der Waals surface area contributed by atoms with Crippen LogP contribution in [0.5, 0.6) is 0 Å². The van der Waals surface area contributed by atoms with Crippen molar-refractivity contribution >= 4 is 7.82 Å². The molecule has 8 heteroatoms. The lowest BCUT2D eigenvalue weighted by Crippen LogP contribution is -2.37. The number of likely N-dealkylation sites (N-methyl/N-ethyl adjacent to an activating group) is 1. The molecule has 0 aromatic heterocycles. The maximum atomic E-state index is 11.7. The monoisotopic (exact) mass is 482 g/mol. The van der Waals surface area contributed by atoms with Crippen LogP contribution in [0.15, 0.2) is 0 Å². The van der Waals surface area contributed by atoms with E-state index >= 15 is 0 Å². The number of hydrogen-bond acceptors (Lipinski definition) is 6. The molecule has 32 heavy (non-hydrogen) atoms. The first-order valence-corrected chi connectivity index (χ1v) is 14.3. The number of unbranched alkanes of at least 4 members (excludes halogenated alkanes) is 13. The SMILES string of the molecule is CCCCCCCCCCCCCCCCOC[C@@H](O)CO[32P](=O)([O-])OCC[N+](C)(C)C. The third kappa shape index (κ3) is 24.6. The summed E-state index contributed by atoms with van der Waals surface area (Å²) in [4.78, 5) is 11.7. The predicted molar refractivity (Wildman–Crippen MR) is 130 cm³/mol. The number of phosphoric acid groups is 1. The number of nitrogens with zero attached hydrogens (tertiary/aromatic N) is 1. The molecule has 0 radical (unpaired) electrons. The van der Waals surface area contributed by atoms with E-state index in [1.807, 2.05) is 21.1 Å². The van der Waals surface area contributed by atoms with Gasteiger partial charge in [0.2, 0.25) is 0 Å². The molecule has 7 nitrogen and oxygen atoms in total. The van der Waals surface area contributed by atoms with Gasteiger partial charge in [0.15, 0.2) is 0 Å². The Balaban J connectivity index is 3.40. The predicted octanol–water partition coefficient (Wildman–Crippen LogP) is 5.05. The van der Waals surface area contributed by atoms with Gasteiger partial charge in [-0.2, -0.15) is 0 Å². The second-order valence-corrected chi connectivity index (χ2v) is 11.3. The van der Waals surface area contributed by atoms with Gasteiger partial charge in [-0.05, 0) is 6.42 Å². The topological polar surface area (TPSA) is 88.0 Å². The molecule has 0 aromatic carbocycles. The second-order valence-electron chi connectivity index (χ2n) is 9.92. The van der Waals surface area contributed by atoms with Gasteiger partial charge in [-0.1, -0.05) is 90.4 Å². The van der Waals surface area contributed by atoms with Gasteiger partial charge in [-0.3, -0.25) is 4.57 Å². The highest BCUT2D eigenvalue weighted by atomic mass is 32.2. The van der Waals surface area contributed by atoms with E-state index in [1.165, 1.54) is 77.0 Å². The summed E-state index contributed by atoms with van der Waals surface area (Å²) in [5.74, 6) is 0. The van der Waals surface area contributed by atoms with Crippen molar-refractivity contribution in [2.75, 3.05) is 54.1 Å². The summed E-state index contributed by atoms with van der Waals surface area (Å²) in [6, 6.07) is 0. The van der Waals surface area contributed by atoms with E-state index < -0.39 is 13.9 Å². The molecule has 2 atom stereocenters. The number of aliphatic hydroxyl groups is 1. The number of quaternary nitrogens is 1. The minimum Gasteiger partial charge on any atom is -0.756 e. The Morgan fingerprint density at radius 2 is 1.22 bits per heavy atom. The molecule has 0 aliphatic rings. The maximum absolute atomic E-state index is 11.7. The Labute approximate surface area is 198 Å². The van der Waals surface area contributed by atoms with Crippen LogP contribution in [0.3, 0.4) is 0 Å². The van der Waals surface area contributed by atoms with Gasteiger partial charge >= 0.3 is 0 Å². The fourth-order valence-electron chi connectivity index (χ4n) is 3.31. The summed E-state index contributed by atoms with van der Waals surface area (Å²) < 4.78 is 27.2. The highest BCUT2D eigenvalue weighted by molar-refractivity contribution is 7.45. The van der Waals surface area contributed by atoms with Crippen LogP contribution in [-0.2, 0) is 18.3 Å². The van der Waals surface area contributed by atoms with Crippen LogP contribution in [-0.4, -0.2) is 69.8 Å². The smallest absolute Gasteiger partial charge is 0.268 e. The molecule has 0 heterocycles. The molecule has 1 unspecified atom stereocenters. The van der Waals surface area contributed by atoms with Crippen molar-refractivity contribution in [3.63, 3.8) is 0 Å². The van der Waals surface area contributed by atoms with Gasteiger partial charge in [-0.15, -0.1) is 0 Å². The minimum atomic E-state index is -4.38. The van der Waals surface area contributed by atoms with Gasteiger partial charge in [-0.25, -0.2) is 0 Å². The van der Waals surface area contributed by atoms with E-state index in [0.717, 1.165) is 12.8 Å². The second kappa shape index (κ2) is 20.4. The first kappa shape index (κ1) is 32.0. The van der Waals surface area contributed by atoms with Crippen molar-refractivity contribution in [2.45, 2.75) is 103 Å². The minimum absolute atomic E-state index is 0.0516. The van der Waals surface area contributed by atoms with Crippen LogP contribution >= 0.6 is 7.82 Å². The van der Waals surface area contributed by atoms with Crippen molar-refractivity contribution in [1.29, 1.82) is 0 Å². The molecule has 0 aromatic rings. The lowest BCUT2D eigenvalue weighted by atomic mass is 10.0. The lowest BCUT2D eigenvalue weighted by molar-refractivity contribution is -0.870. The number of ether oxygens (including phenoxy) is 1. The Kier molecular flexibility index (Phi) is 20.4. The van der Waals surface area contributed by atoms with Crippen molar-refractivity contribution < 1.29 is 32.8 Å². The largest absolute Gasteiger partial charge is 0.756 e. The zero-order valence-electron chi connectivity index (χ0n) is 21.4. The molecule has 0 spiro atoms. The third-order valence-electron chi connectivity index (χ3n) is 5.39. The van der Waals surface area contributed by atoms with Crippen LogP contribution in [0.2, 0.25) is 0 Å². The van der Waals surface area contributed by atoms with Gasteiger partial charge in [0.05, 0.1) is 34.4 Å². The zero-order valence-corrected chi connectivity index (χ0v) is 22.3. The van der Waals surface area contributed by atoms with Gasteiger partial charge in [0.1, 0.15) is 19.3 Å². The van der Waals surface area contributed by atoms with Gasteiger partial charge in [0.25, 0.3) is 7.82 Å². The molecule has 0 saturated heterocycles. The van der Waals surface area contributed by atoms with Crippen LogP contribution in [0, 0.1) is 0 Å². The molecule has 0 fully saturated rings. The van der Waals surface area contributed by atoms with E-state index in [4.69, 9.17) is 13.8 Å². The van der Waals surface area contributed by atoms with Gasteiger partial charge < -0.3 is 28.3 Å². The maximum Gasteiger partial charge on any atom is 0.268 e. The highest BCUT2D eigenvalue weighted by Crippen LogP contribution is 2.38. The first-order valence-electron chi connectivity index (χ1n) is 12.8. The summed E-state index contributed by atoms with van der Waals surface area (Å²) in [6.07, 6.45) is 17.3.